The third-order valence-corrected chi connectivity index (χ3v) is 3.72. The van der Waals surface area contributed by atoms with E-state index in [1.54, 1.807) is 7.05 Å². The molecule has 3 rings (SSSR count). The molecule has 1 fully saturated rings. The molecule has 1 heterocycles. The zero-order valence-electron chi connectivity index (χ0n) is 10.2. The molecule has 1 N–H and O–H groups in total. The van der Waals surface area contributed by atoms with Crippen LogP contribution in [-0.4, -0.2) is 36.4 Å². The van der Waals surface area contributed by atoms with Crippen LogP contribution in [0.2, 0.25) is 0 Å². The maximum Gasteiger partial charge on any atom is 0.297 e. The van der Waals surface area contributed by atoms with Crippen molar-refractivity contribution in [3.05, 3.63) is 23.3 Å². The fourth-order valence-corrected chi connectivity index (χ4v) is 2.60. The van der Waals surface area contributed by atoms with Crippen molar-refractivity contribution in [1.29, 1.82) is 0 Å². The maximum absolute atomic E-state index is 12.1. The summed E-state index contributed by atoms with van der Waals surface area (Å²) in [4.78, 5) is 17.0. The second kappa shape index (κ2) is 3.20. The topological polar surface area (TPSA) is 53.9 Å². The lowest BCUT2D eigenvalue weighted by atomic mass is 9.92. The summed E-state index contributed by atoms with van der Waals surface area (Å²) in [7, 11) is 3.06. The Hall–Kier alpha value is -1.62. The van der Waals surface area contributed by atoms with Crippen LogP contribution in [0.3, 0.4) is 0 Å². The molecule has 0 aromatic heterocycles. The highest BCUT2D eigenvalue weighted by atomic mass is 16.7. The molecular formula is C12H17N3O2. The van der Waals surface area contributed by atoms with Crippen LogP contribution >= 0.6 is 0 Å². The molecule has 5 heteroatoms. The van der Waals surface area contributed by atoms with Gasteiger partial charge in [0.15, 0.2) is 5.71 Å². The Bertz CT molecular complexity index is 498. The van der Waals surface area contributed by atoms with Crippen LogP contribution in [0.1, 0.15) is 14.8 Å². The summed E-state index contributed by atoms with van der Waals surface area (Å²) >= 11 is 0. The predicted molar refractivity (Wildman–Crippen MR) is 65.1 cm³/mol. The number of nitrogens with zero attached hydrogens (tertiary/aromatic N) is 2. The second-order valence-corrected chi connectivity index (χ2v) is 4.81. The lowest BCUT2D eigenvalue weighted by Gasteiger charge is -2.18. The maximum atomic E-state index is 12.1. The van der Waals surface area contributed by atoms with Gasteiger partial charge in [-0.15, -0.1) is 0 Å². The van der Waals surface area contributed by atoms with Gasteiger partial charge in [0.1, 0.15) is 0 Å². The first-order valence-electron chi connectivity index (χ1n) is 5.66. The first-order chi connectivity index (χ1) is 8.08. The van der Waals surface area contributed by atoms with E-state index in [4.69, 9.17) is 4.84 Å². The van der Waals surface area contributed by atoms with Crippen molar-refractivity contribution in [3.63, 3.8) is 0 Å². The summed E-state index contributed by atoms with van der Waals surface area (Å²) in [6.07, 6.45) is 5.30. The molecule has 1 saturated carbocycles. The van der Waals surface area contributed by atoms with E-state index in [9.17, 15) is 4.79 Å². The second-order valence-electron chi connectivity index (χ2n) is 4.81. The molecule has 0 bridgehead atoms. The standard InChI is InChI=1S/C12H15N3O2.H2/c1-7-4-8-6-12(8)9(5-7)10(13-14-12)11(16)15(2)17-3;/h4-5,8,14H,6H2,1-3H3;1H. The minimum Gasteiger partial charge on any atom is -0.298 e. The first-order valence-corrected chi connectivity index (χ1v) is 5.66. The number of hydrogen-bond acceptors (Lipinski definition) is 4. The number of amides is 1. The highest BCUT2D eigenvalue weighted by Crippen LogP contribution is 2.55. The van der Waals surface area contributed by atoms with Gasteiger partial charge in [0.05, 0.1) is 12.6 Å². The third-order valence-electron chi connectivity index (χ3n) is 3.72. The monoisotopic (exact) mass is 235 g/mol. The lowest BCUT2D eigenvalue weighted by molar-refractivity contribution is -0.160. The summed E-state index contributed by atoms with van der Waals surface area (Å²) < 4.78 is 0. The van der Waals surface area contributed by atoms with Crippen LogP contribution in [-0.2, 0) is 9.63 Å². The molecule has 5 nitrogen and oxygen atoms in total. The third kappa shape index (κ3) is 1.29. The molecule has 2 unspecified atom stereocenters. The van der Waals surface area contributed by atoms with Gasteiger partial charge in [-0.3, -0.25) is 15.1 Å². The van der Waals surface area contributed by atoms with Crippen LogP contribution in [0.15, 0.2) is 28.4 Å². The summed E-state index contributed by atoms with van der Waals surface area (Å²) in [5.74, 6) is 0.271. The number of hydroxylamine groups is 2. The highest BCUT2D eigenvalue weighted by Gasteiger charge is 2.61. The average Bonchev–Trinajstić information content (AvgIpc) is 2.90. The Balaban J connectivity index is 0.00000120. The summed E-state index contributed by atoms with van der Waals surface area (Å²) in [6, 6.07) is 0. The minimum atomic E-state index is -0.205. The minimum absolute atomic E-state index is 0. The molecule has 92 valence electrons. The van der Waals surface area contributed by atoms with E-state index in [1.807, 2.05) is 6.08 Å². The van der Waals surface area contributed by atoms with Gasteiger partial charge in [-0.1, -0.05) is 17.7 Å². The number of allylic oxidation sites excluding steroid dienone is 2. The normalized spacial score (nSPS) is 32.6. The van der Waals surface area contributed by atoms with Crippen molar-refractivity contribution in [2.45, 2.75) is 18.9 Å². The predicted octanol–water partition coefficient (Wildman–Crippen LogP) is 0.856. The summed E-state index contributed by atoms with van der Waals surface area (Å²) in [6.45, 7) is 2.05. The Morgan fingerprint density at radius 3 is 3.24 bits per heavy atom. The van der Waals surface area contributed by atoms with E-state index in [-0.39, 0.29) is 12.9 Å². The van der Waals surface area contributed by atoms with Gasteiger partial charge in [0.2, 0.25) is 0 Å². The Labute approximate surface area is 101 Å². The van der Waals surface area contributed by atoms with E-state index < -0.39 is 0 Å². The molecule has 3 aliphatic rings. The molecule has 0 aromatic rings. The number of hydrazone groups is 1. The van der Waals surface area contributed by atoms with Crippen LogP contribution in [0.25, 0.3) is 0 Å². The Morgan fingerprint density at radius 2 is 2.53 bits per heavy atom. The van der Waals surface area contributed by atoms with Gasteiger partial charge in [-0.25, -0.2) is 5.06 Å². The van der Waals surface area contributed by atoms with Crippen molar-refractivity contribution >= 4 is 11.6 Å². The van der Waals surface area contributed by atoms with Crippen molar-refractivity contribution in [1.82, 2.24) is 10.5 Å². The molecule has 2 aliphatic carbocycles. The first kappa shape index (κ1) is 10.5. The van der Waals surface area contributed by atoms with Crippen LogP contribution in [0.4, 0.5) is 0 Å². The van der Waals surface area contributed by atoms with Crippen LogP contribution in [0, 0.1) is 5.92 Å². The van der Waals surface area contributed by atoms with Crippen molar-refractivity contribution in [2.75, 3.05) is 14.2 Å². The number of carbonyl (C=O) groups excluding carboxylic acids is 1. The molecule has 2 atom stereocenters. The van der Waals surface area contributed by atoms with E-state index in [2.05, 4.69) is 23.5 Å². The largest absolute Gasteiger partial charge is 0.298 e. The fraction of sp³-hybridized carbons (Fsp3) is 0.500. The molecule has 1 spiro atoms. The quantitative estimate of drug-likeness (QED) is 0.722. The smallest absolute Gasteiger partial charge is 0.297 e. The summed E-state index contributed by atoms with van der Waals surface area (Å²) in [5.41, 5.74) is 5.70. The van der Waals surface area contributed by atoms with Crippen molar-refractivity contribution in [2.24, 2.45) is 11.0 Å². The average molecular weight is 235 g/mol. The molecule has 1 aliphatic heterocycles. The lowest BCUT2D eigenvalue weighted by Crippen LogP contribution is -2.35. The molecule has 0 saturated heterocycles. The molecular weight excluding hydrogens is 218 g/mol. The van der Waals surface area contributed by atoms with E-state index in [0.717, 1.165) is 12.0 Å². The number of rotatable bonds is 2. The molecule has 17 heavy (non-hydrogen) atoms. The number of nitrogens with one attached hydrogen (secondary N) is 1. The van der Waals surface area contributed by atoms with Gasteiger partial charge < -0.3 is 0 Å². The van der Waals surface area contributed by atoms with Gasteiger partial charge in [-0.2, -0.15) is 5.10 Å². The zero-order valence-corrected chi connectivity index (χ0v) is 10.2. The Kier molecular flexibility index (Phi) is 1.98. The van der Waals surface area contributed by atoms with Gasteiger partial charge in [-0.05, 0) is 13.3 Å². The molecule has 1 amide bonds. The Morgan fingerprint density at radius 1 is 1.76 bits per heavy atom. The van der Waals surface area contributed by atoms with E-state index in [1.165, 1.54) is 17.7 Å². The summed E-state index contributed by atoms with van der Waals surface area (Å²) in [5, 5.41) is 5.39. The van der Waals surface area contributed by atoms with Gasteiger partial charge in [0.25, 0.3) is 5.91 Å². The van der Waals surface area contributed by atoms with E-state index >= 15 is 0 Å². The van der Waals surface area contributed by atoms with Gasteiger partial charge in [0, 0.05) is 20.0 Å². The van der Waals surface area contributed by atoms with E-state index in [0.29, 0.717) is 11.6 Å². The van der Waals surface area contributed by atoms with Crippen LogP contribution < -0.4 is 5.43 Å². The number of hydrogen-bond donors (Lipinski definition) is 1. The highest BCUT2D eigenvalue weighted by molar-refractivity contribution is 6.46. The van der Waals surface area contributed by atoms with Gasteiger partial charge >= 0.3 is 0 Å². The SMILES string of the molecule is CON(C)C(=O)C1=NNC23CC2C=C(C)C=C13.[HH]. The zero-order chi connectivity index (χ0) is 12.2. The van der Waals surface area contributed by atoms with Crippen LogP contribution in [0.5, 0.6) is 0 Å². The fourth-order valence-electron chi connectivity index (χ4n) is 2.60. The molecule has 0 radical (unpaired) electrons. The van der Waals surface area contributed by atoms with Crippen molar-refractivity contribution in [3.8, 4) is 0 Å². The van der Waals surface area contributed by atoms with Crippen molar-refractivity contribution < 1.29 is 11.1 Å². The molecule has 0 aromatic carbocycles. The number of carbonyl (C=O) groups is 1.